The molecule has 0 aliphatic carbocycles. The number of sulfonamides is 1. The molecular weight excluding hydrogens is 636 g/mol. The topological polar surface area (TPSA) is 99.1 Å². The van der Waals surface area contributed by atoms with E-state index in [1.54, 1.807) is 37.3 Å². The molecule has 0 aliphatic heterocycles. The Hall–Kier alpha value is -1.29. The van der Waals surface area contributed by atoms with Gasteiger partial charge < -0.3 is 11.1 Å². The molecule has 2 aromatic rings. The summed E-state index contributed by atoms with van der Waals surface area (Å²) in [6.45, 7) is 1.40. The number of carbonyl (C=O) groups excluding carboxylic acids is 1. The van der Waals surface area contributed by atoms with Gasteiger partial charge in [-0.3, -0.25) is 13.9 Å². The van der Waals surface area contributed by atoms with E-state index in [0.29, 0.717) is 18.6 Å². The Balaban J connectivity index is -0.000000883. The van der Waals surface area contributed by atoms with Crippen LogP contribution in [-0.4, -0.2) is 28.0 Å². The van der Waals surface area contributed by atoms with Crippen molar-refractivity contribution in [1.82, 2.24) is 0 Å². The van der Waals surface area contributed by atoms with Crippen LogP contribution in [0.3, 0.4) is 0 Å². The van der Waals surface area contributed by atoms with Crippen LogP contribution in [0.25, 0.3) is 5.73 Å². The Morgan fingerprint density at radius 1 is 1.00 bits per heavy atom. The minimum absolute atomic E-state index is 0. The van der Waals surface area contributed by atoms with Gasteiger partial charge in [-0.05, 0) is 36.8 Å². The van der Waals surface area contributed by atoms with Gasteiger partial charge in [-0.25, -0.2) is 8.42 Å². The number of hydrogen-bond donors (Lipinski definition) is 2. The maximum atomic E-state index is 12.2. The number of aryl methyl sites for hydroxylation is 1. The Kier molecular flexibility index (Phi) is 20.9. The molecule has 1 radical (unpaired) electrons. The zero-order valence-electron chi connectivity index (χ0n) is 15.4. The standard InChI is InChI=1S/C15H16N3O3S.CH3F.Ac.2F2/c1-11-7-8-12(9-14(11)17-15(19)10-16)18-22(20,21)13-5-3-2-4-6-13;1-2;;2*1-2/h2-9,16,18H,10H2,1H3,(H,17,19);1H3;;;/q-1;;;;. The van der Waals surface area contributed by atoms with Crippen molar-refractivity contribution in [2.45, 2.75) is 11.8 Å². The summed E-state index contributed by atoms with van der Waals surface area (Å²) in [6.07, 6.45) is 0. The van der Waals surface area contributed by atoms with Crippen molar-refractivity contribution in [3.63, 3.8) is 0 Å². The van der Waals surface area contributed by atoms with E-state index in [-0.39, 0.29) is 55.5 Å². The van der Waals surface area contributed by atoms with Crippen LogP contribution in [0.5, 0.6) is 0 Å². The summed E-state index contributed by atoms with van der Waals surface area (Å²) in [5.41, 5.74) is 8.62. The second-order valence-corrected chi connectivity index (χ2v) is 6.36. The van der Waals surface area contributed by atoms with Crippen molar-refractivity contribution >= 4 is 27.3 Å². The first-order chi connectivity index (χ1) is 13.4. The van der Waals surface area contributed by atoms with E-state index < -0.39 is 15.9 Å². The molecule has 0 unspecified atom stereocenters. The normalized spacial score (nSPS) is 8.97. The minimum atomic E-state index is -3.68. The monoisotopic (exact) mass is 655 g/mol. The molecule has 2 rings (SSSR count). The Morgan fingerprint density at radius 3 is 2.00 bits per heavy atom. The smallest absolute Gasteiger partial charge is 0.261 e. The molecule has 6 nitrogen and oxygen atoms in total. The molecule has 13 heteroatoms. The third kappa shape index (κ3) is 12.1. The summed E-state index contributed by atoms with van der Waals surface area (Å²) in [6, 6.07) is 12.9. The molecule has 3 N–H and O–H groups in total. The van der Waals surface area contributed by atoms with Gasteiger partial charge in [0.1, 0.15) is 0 Å². The van der Waals surface area contributed by atoms with Gasteiger partial charge >= 0.3 is 0 Å². The van der Waals surface area contributed by atoms with Crippen molar-refractivity contribution in [2.75, 3.05) is 23.8 Å². The first-order valence-electron chi connectivity index (χ1n) is 7.22. The van der Waals surface area contributed by atoms with Gasteiger partial charge in [-0.1, -0.05) is 30.8 Å². The van der Waals surface area contributed by atoms with Gasteiger partial charge in [-0.2, -0.15) is 0 Å². The van der Waals surface area contributed by atoms with Crippen molar-refractivity contribution in [3.05, 3.63) is 59.8 Å². The van der Waals surface area contributed by atoms with Crippen molar-refractivity contribution in [1.29, 1.82) is 0 Å². The fraction of sp³-hybridized carbons (Fsp3) is 0.188. The molecule has 0 aliphatic rings. The van der Waals surface area contributed by atoms with Gasteiger partial charge in [0.15, 0.2) is 0 Å². The number of nitrogens with one attached hydrogen (secondary N) is 3. The van der Waals surface area contributed by atoms with E-state index >= 15 is 0 Å². The van der Waals surface area contributed by atoms with E-state index in [4.69, 9.17) is 24.0 Å². The average molecular weight is 655 g/mol. The molecule has 0 aromatic heterocycles. The van der Waals surface area contributed by atoms with Crippen LogP contribution in [0, 0.1) is 51.0 Å². The zero-order chi connectivity index (χ0) is 22.2. The van der Waals surface area contributed by atoms with E-state index in [2.05, 4.69) is 10.0 Å². The molecule has 2 aromatic carbocycles. The number of alkyl halides is 1. The number of carbonyl (C=O) groups is 1. The van der Waals surface area contributed by atoms with Gasteiger partial charge in [0.05, 0.1) is 17.8 Å². The molecule has 0 fully saturated rings. The molecule has 29 heavy (non-hydrogen) atoms. The first kappa shape index (κ1) is 32.4. The van der Waals surface area contributed by atoms with Crippen LogP contribution in [0.1, 0.15) is 5.56 Å². The molecule has 0 heterocycles. The molecule has 0 saturated carbocycles. The molecular formula is C16H19AcF5N3O3S-. The van der Waals surface area contributed by atoms with E-state index in [1.807, 2.05) is 0 Å². The number of anilines is 2. The van der Waals surface area contributed by atoms with Crippen molar-refractivity contribution in [2.24, 2.45) is 0 Å². The summed E-state index contributed by atoms with van der Waals surface area (Å²) in [7, 11) is -3.18. The van der Waals surface area contributed by atoms with Gasteiger partial charge in [0, 0.05) is 68.0 Å². The summed E-state index contributed by atoms with van der Waals surface area (Å²) >= 11 is 0. The number of amides is 1. The van der Waals surface area contributed by atoms with Crippen molar-refractivity contribution < 1.29 is 80.0 Å². The summed E-state index contributed by atoms with van der Waals surface area (Å²) in [5.74, 6) is -0.453. The van der Waals surface area contributed by atoms with Gasteiger partial charge in [0.25, 0.3) is 10.0 Å². The van der Waals surface area contributed by atoms with E-state index in [9.17, 15) is 17.6 Å². The predicted octanol–water partition coefficient (Wildman–Crippen LogP) is 5.05. The van der Waals surface area contributed by atoms with Crippen LogP contribution in [0.2, 0.25) is 0 Å². The Bertz CT molecular complexity index is 800. The number of halogens is 5. The van der Waals surface area contributed by atoms with E-state index in [1.165, 1.54) is 18.2 Å². The zero-order valence-corrected chi connectivity index (χ0v) is 21.0. The predicted molar refractivity (Wildman–Crippen MR) is 97.7 cm³/mol. The largest absolute Gasteiger partial charge is 0.670 e. The fourth-order valence-corrected chi connectivity index (χ4v) is 2.90. The maximum absolute atomic E-state index is 12.2. The van der Waals surface area contributed by atoms with Crippen LogP contribution in [-0.2, 0) is 14.8 Å². The molecule has 161 valence electrons. The third-order valence-electron chi connectivity index (χ3n) is 2.98. The maximum Gasteiger partial charge on any atom is 0.261 e. The van der Waals surface area contributed by atoms with E-state index in [0.717, 1.165) is 5.56 Å². The van der Waals surface area contributed by atoms with Gasteiger partial charge in [0.2, 0.25) is 5.91 Å². The second-order valence-electron chi connectivity index (χ2n) is 4.67. The molecule has 1 amide bonds. The fourth-order valence-electron chi connectivity index (χ4n) is 1.83. The van der Waals surface area contributed by atoms with Crippen LogP contribution < -0.4 is 10.0 Å². The average Bonchev–Trinajstić information content (AvgIpc) is 2.75. The van der Waals surface area contributed by atoms with Crippen molar-refractivity contribution in [3.8, 4) is 0 Å². The molecule has 0 atom stereocenters. The number of hydrogen-bond acceptors (Lipinski definition) is 3. The molecule has 0 saturated heterocycles. The van der Waals surface area contributed by atoms with Crippen LogP contribution in [0.15, 0.2) is 53.4 Å². The summed E-state index contributed by atoms with van der Waals surface area (Å²) in [4.78, 5) is 11.5. The quantitative estimate of drug-likeness (QED) is 0.442. The Morgan fingerprint density at radius 2 is 1.52 bits per heavy atom. The molecule has 0 spiro atoms. The first-order valence-corrected chi connectivity index (χ1v) is 8.70. The molecule has 0 bridgehead atoms. The summed E-state index contributed by atoms with van der Waals surface area (Å²) in [5, 5.41) is 2.56. The van der Waals surface area contributed by atoms with Crippen LogP contribution in [0.4, 0.5) is 34.1 Å². The van der Waals surface area contributed by atoms with Crippen LogP contribution >= 0.6 is 0 Å². The van der Waals surface area contributed by atoms with Gasteiger partial charge in [-0.15, -0.1) is 0 Å². The minimum Gasteiger partial charge on any atom is -0.670 e. The number of rotatable bonds is 5. The summed E-state index contributed by atoms with van der Waals surface area (Å²) < 4.78 is 68.5. The third-order valence-corrected chi connectivity index (χ3v) is 4.38. The SMILES string of the molecule is CF.Cc1ccc(NS(=O)(=O)c2ccccc2)cc1NC(=O)C[NH-].FF.FF.[Ac]. The number of benzene rings is 2. The second kappa shape index (κ2) is 18.7. The Labute approximate surface area is 201 Å².